The predicted molar refractivity (Wildman–Crippen MR) is 243 cm³/mol. The van der Waals surface area contributed by atoms with Crippen LogP contribution in [0.2, 0.25) is 0 Å². The molecule has 0 N–H and O–H groups in total. The number of hydrogen-bond acceptors (Lipinski definition) is 6. The molecule has 0 aromatic heterocycles. The molecule has 0 aliphatic carbocycles. The molecule has 6 heteroatoms. The zero-order valence-electron chi connectivity index (χ0n) is 39.1. The number of carbonyl (C=O) groups excluding carboxylic acids is 3. The Morgan fingerprint density at radius 1 is 0.298 bits per heavy atom. The molecule has 0 saturated heterocycles. The first-order chi connectivity index (χ1) is 27.6. The molecule has 338 valence electrons. The molecule has 0 heterocycles. The van der Waals surface area contributed by atoms with Crippen molar-refractivity contribution in [3.8, 4) is 0 Å². The SMILES string of the molecule is CC(C)CCCCCCCCCCCCCCC(=O)O[C@H](COC(=O)CCCCCCCCCCCCCC(C)C)COC(=O)CCCCCCCCCC(C)C. The molecule has 0 aliphatic rings. The lowest BCUT2D eigenvalue weighted by molar-refractivity contribution is -0.167. The minimum atomic E-state index is -0.762. The lowest BCUT2D eigenvalue weighted by Crippen LogP contribution is -2.30. The summed E-state index contributed by atoms with van der Waals surface area (Å²) < 4.78 is 16.8. The van der Waals surface area contributed by atoms with Gasteiger partial charge in [0.05, 0.1) is 0 Å². The molecule has 0 radical (unpaired) electrons. The molecule has 0 rings (SSSR count). The average molecular weight is 807 g/mol. The van der Waals surface area contributed by atoms with E-state index in [0.717, 1.165) is 75.5 Å². The molecule has 0 aromatic carbocycles. The van der Waals surface area contributed by atoms with E-state index in [2.05, 4.69) is 41.5 Å². The highest BCUT2D eigenvalue weighted by molar-refractivity contribution is 5.71. The van der Waals surface area contributed by atoms with E-state index in [-0.39, 0.29) is 31.1 Å². The fourth-order valence-corrected chi connectivity index (χ4v) is 7.59. The summed E-state index contributed by atoms with van der Waals surface area (Å²) in [5, 5.41) is 0. The maximum atomic E-state index is 12.8. The molecule has 0 saturated carbocycles. The highest BCUT2D eigenvalue weighted by atomic mass is 16.6. The van der Waals surface area contributed by atoms with Crippen LogP contribution in [-0.2, 0) is 28.6 Å². The van der Waals surface area contributed by atoms with Gasteiger partial charge >= 0.3 is 17.9 Å². The second-order valence-corrected chi connectivity index (χ2v) is 18.9. The van der Waals surface area contributed by atoms with Gasteiger partial charge in [0.2, 0.25) is 0 Å². The number of rotatable bonds is 44. The van der Waals surface area contributed by atoms with Gasteiger partial charge < -0.3 is 14.2 Å². The van der Waals surface area contributed by atoms with Crippen LogP contribution in [0.15, 0.2) is 0 Å². The van der Waals surface area contributed by atoms with E-state index in [1.165, 1.54) is 154 Å². The number of unbranched alkanes of at least 4 members (excludes halogenated alkanes) is 27. The second kappa shape index (κ2) is 42.5. The van der Waals surface area contributed by atoms with Gasteiger partial charge in [0.15, 0.2) is 6.10 Å². The van der Waals surface area contributed by atoms with Crippen molar-refractivity contribution >= 4 is 17.9 Å². The first-order valence-electron chi connectivity index (χ1n) is 25.1. The summed E-state index contributed by atoms with van der Waals surface area (Å²) in [7, 11) is 0. The molecular formula is C51H98O6. The van der Waals surface area contributed by atoms with E-state index in [1.807, 2.05) is 0 Å². The minimum Gasteiger partial charge on any atom is -0.462 e. The Bertz CT molecular complexity index is 883. The van der Waals surface area contributed by atoms with E-state index >= 15 is 0 Å². The monoisotopic (exact) mass is 807 g/mol. The fourth-order valence-electron chi connectivity index (χ4n) is 7.59. The van der Waals surface area contributed by atoms with Crippen molar-refractivity contribution in [2.45, 2.75) is 279 Å². The van der Waals surface area contributed by atoms with Crippen LogP contribution in [0.5, 0.6) is 0 Å². The number of carbonyl (C=O) groups is 3. The smallest absolute Gasteiger partial charge is 0.306 e. The summed E-state index contributed by atoms with van der Waals surface area (Å²) >= 11 is 0. The van der Waals surface area contributed by atoms with Crippen LogP contribution >= 0.6 is 0 Å². The van der Waals surface area contributed by atoms with Crippen LogP contribution in [0.3, 0.4) is 0 Å². The highest BCUT2D eigenvalue weighted by Gasteiger charge is 2.19. The van der Waals surface area contributed by atoms with Crippen LogP contribution < -0.4 is 0 Å². The van der Waals surface area contributed by atoms with Crippen molar-refractivity contribution in [3.05, 3.63) is 0 Å². The summed E-state index contributed by atoms with van der Waals surface area (Å²) in [4.78, 5) is 37.9. The normalized spacial score (nSPS) is 12.2. The van der Waals surface area contributed by atoms with Crippen LogP contribution in [0.1, 0.15) is 273 Å². The molecular weight excluding hydrogens is 709 g/mol. The van der Waals surface area contributed by atoms with E-state index in [9.17, 15) is 14.4 Å². The average Bonchev–Trinajstić information content (AvgIpc) is 3.16. The largest absolute Gasteiger partial charge is 0.462 e. The maximum Gasteiger partial charge on any atom is 0.306 e. The van der Waals surface area contributed by atoms with Crippen molar-refractivity contribution in [2.24, 2.45) is 17.8 Å². The van der Waals surface area contributed by atoms with Gasteiger partial charge in [0.25, 0.3) is 0 Å². The molecule has 0 unspecified atom stereocenters. The zero-order chi connectivity index (χ0) is 42.0. The van der Waals surface area contributed by atoms with Gasteiger partial charge in [0, 0.05) is 19.3 Å². The van der Waals surface area contributed by atoms with Crippen LogP contribution in [0.4, 0.5) is 0 Å². The quantitative estimate of drug-likeness (QED) is 0.0347. The fraction of sp³-hybridized carbons (Fsp3) is 0.941. The van der Waals surface area contributed by atoms with E-state index in [4.69, 9.17) is 14.2 Å². The minimum absolute atomic E-state index is 0.0654. The van der Waals surface area contributed by atoms with Gasteiger partial charge in [-0.1, -0.05) is 234 Å². The summed E-state index contributed by atoms with van der Waals surface area (Å²) in [6.07, 6.45) is 41.0. The highest BCUT2D eigenvalue weighted by Crippen LogP contribution is 2.17. The second-order valence-electron chi connectivity index (χ2n) is 18.9. The van der Waals surface area contributed by atoms with Crippen molar-refractivity contribution in [3.63, 3.8) is 0 Å². The Hall–Kier alpha value is -1.59. The lowest BCUT2D eigenvalue weighted by atomic mass is 10.0. The summed E-state index contributed by atoms with van der Waals surface area (Å²) in [5.74, 6) is 1.58. The summed E-state index contributed by atoms with van der Waals surface area (Å²) in [6, 6.07) is 0. The number of ether oxygens (including phenoxy) is 3. The van der Waals surface area contributed by atoms with Crippen LogP contribution in [0, 0.1) is 17.8 Å². The van der Waals surface area contributed by atoms with E-state index in [0.29, 0.717) is 19.3 Å². The Labute approximate surface area is 355 Å². The van der Waals surface area contributed by atoms with Crippen molar-refractivity contribution in [1.82, 2.24) is 0 Å². The van der Waals surface area contributed by atoms with Gasteiger partial charge in [-0.2, -0.15) is 0 Å². The number of esters is 3. The Morgan fingerprint density at radius 2 is 0.509 bits per heavy atom. The first-order valence-corrected chi connectivity index (χ1v) is 25.1. The molecule has 6 nitrogen and oxygen atoms in total. The Balaban J connectivity index is 4.31. The molecule has 1 atom stereocenters. The van der Waals surface area contributed by atoms with Crippen molar-refractivity contribution in [1.29, 1.82) is 0 Å². The first kappa shape index (κ1) is 55.4. The van der Waals surface area contributed by atoms with Gasteiger partial charge in [-0.15, -0.1) is 0 Å². The topological polar surface area (TPSA) is 78.9 Å². The molecule has 0 amide bonds. The summed E-state index contributed by atoms with van der Waals surface area (Å²) in [6.45, 7) is 13.7. The third-order valence-electron chi connectivity index (χ3n) is 11.4. The van der Waals surface area contributed by atoms with Crippen molar-refractivity contribution < 1.29 is 28.6 Å². The third kappa shape index (κ3) is 45.3. The molecule has 0 aromatic rings. The van der Waals surface area contributed by atoms with E-state index in [1.54, 1.807) is 0 Å². The van der Waals surface area contributed by atoms with Gasteiger partial charge in [-0.25, -0.2) is 0 Å². The Morgan fingerprint density at radius 3 is 0.754 bits per heavy atom. The summed E-state index contributed by atoms with van der Waals surface area (Å²) in [5.41, 5.74) is 0. The predicted octanol–water partition coefficient (Wildman–Crippen LogP) is 16.0. The zero-order valence-corrected chi connectivity index (χ0v) is 39.1. The molecule has 57 heavy (non-hydrogen) atoms. The molecule has 0 fully saturated rings. The molecule has 0 spiro atoms. The van der Waals surface area contributed by atoms with Crippen molar-refractivity contribution in [2.75, 3.05) is 13.2 Å². The lowest BCUT2D eigenvalue weighted by Gasteiger charge is -2.18. The third-order valence-corrected chi connectivity index (χ3v) is 11.4. The number of hydrogen-bond donors (Lipinski definition) is 0. The maximum absolute atomic E-state index is 12.8. The standard InChI is InChI=1S/C51H98O6/c1-45(2)37-31-25-19-14-10-7-8-12-17-23-30-36-42-51(54)57-48(44-56-50(53)41-35-29-24-18-21-27-33-39-47(5)6)43-55-49(52)40-34-28-22-16-13-9-11-15-20-26-32-38-46(3)4/h45-48H,7-44H2,1-6H3/t48-/m1/s1. The van der Waals surface area contributed by atoms with Gasteiger partial charge in [0.1, 0.15) is 13.2 Å². The molecule has 0 bridgehead atoms. The molecule has 0 aliphatic heterocycles. The van der Waals surface area contributed by atoms with Crippen LogP contribution in [-0.4, -0.2) is 37.2 Å². The van der Waals surface area contributed by atoms with Gasteiger partial charge in [-0.05, 0) is 37.0 Å². The Kier molecular flexibility index (Phi) is 41.3. The van der Waals surface area contributed by atoms with Gasteiger partial charge in [-0.3, -0.25) is 14.4 Å². The van der Waals surface area contributed by atoms with E-state index < -0.39 is 6.10 Å². The van der Waals surface area contributed by atoms with Crippen LogP contribution in [0.25, 0.3) is 0 Å².